The molecule has 0 aromatic carbocycles. The van der Waals surface area contributed by atoms with Gasteiger partial charge >= 0.3 is 5.97 Å². The second-order valence-electron chi connectivity index (χ2n) is 2.33. The van der Waals surface area contributed by atoms with E-state index >= 15 is 0 Å². The summed E-state index contributed by atoms with van der Waals surface area (Å²) in [7, 11) is 0. The van der Waals surface area contributed by atoms with E-state index in [-0.39, 0.29) is 17.2 Å². The highest BCUT2D eigenvalue weighted by Crippen LogP contribution is 2.10. The van der Waals surface area contributed by atoms with Gasteiger partial charge in [0.15, 0.2) is 5.03 Å². The molecule has 1 unspecified atom stereocenters. The molecule has 0 saturated carbocycles. The fourth-order valence-corrected chi connectivity index (χ4v) is 1.38. The molecule has 1 aromatic heterocycles. The molecule has 1 rings (SSSR count). The number of hydrogen-bond donors (Lipinski definition) is 1. The van der Waals surface area contributed by atoms with Gasteiger partial charge in [0.05, 0.1) is 12.2 Å². The third-order valence-corrected chi connectivity index (χ3v) is 2.09. The highest BCUT2D eigenvalue weighted by atomic mass is 32.2. The molecule has 14 heavy (non-hydrogen) atoms. The van der Waals surface area contributed by atoms with Crippen LogP contribution in [0.1, 0.15) is 17.3 Å². The van der Waals surface area contributed by atoms with E-state index in [9.17, 15) is 9.00 Å². The lowest BCUT2D eigenvalue weighted by Gasteiger charge is -2.03. The monoisotopic (exact) mass is 215 g/mol. The van der Waals surface area contributed by atoms with Crippen LogP contribution in [0.3, 0.4) is 0 Å². The predicted octanol–water partition coefficient (Wildman–Crippen LogP) is 0.839. The number of nitrogens with zero attached hydrogens (tertiary/aromatic N) is 1. The maximum absolute atomic E-state index is 11.3. The lowest BCUT2D eigenvalue weighted by Crippen LogP contribution is -2.10. The van der Waals surface area contributed by atoms with E-state index < -0.39 is 17.0 Å². The number of ether oxygens (including phenoxy) is 1. The second kappa shape index (κ2) is 4.83. The first-order chi connectivity index (χ1) is 6.66. The Morgan fingerprint density at radius 1 is 1.71 bits per heavy atom. The molecule has 76 valence electrons. The fraction of sp³-hybridized carbons (Fsp3) is 0.250. The summed E-state index contributed by atoms with van der Waals surface area (Å²) in [6.45, 7) is 1.87. The number of rotatable bonds is 3. The van der Waals surface area contributed by atoms with E-state index in [2.05, 4.69) is 4.98 Å². The zero-order valence-electron chi connectivity index (χ0n) is 7.47. The summed E-state index contributed by atoms with van der Waals surface area (Å²) in [5.74, 6) is -0.641. The predicted molar refractivity (Wildman–Crippen MR) is 49.2 cm³/mol. The van der Waals surface area contributed by atoms with Crippen LogP contribution in [-0.2, 0) is 15.8 Å². The lowest BCUT2D eigenvalue weighted by atomic mass is 10.3. The Bertz CT molecular complexity index is 366. The van der Waals surface area contributed by atoms with Gasteiger partial charge in [-0.05, 0) is 19.1 Å². The van der Waals surface area contributed by atoms with Crippen LogP contribution in [0.4, 0.5) is 0 Å². The SMILES string of the molecule is CCOC(=O)c1cccnc1S(=O)O. The topological polar surface area (TPSA) is 76.5 Å². The van der Waals surface area contributed by atoms with Gasteiger partial charge in [-0.15, -0.1) is 0 Å². The first-order valence-electron chi connectivity index (χ1n) is 3.89. The maximum Gasteiger partial charge on any atom is 0.341 e. The first-order valence-corrected chi connectivity index (χ1v) is 5.00. The molecule has 0 aliphatic carbocycles. The summed E-state index contributed by atoms with van der Waals surface area (Å²) < 4.78 is 24.3. The molecule has 0 amide bonds. The largest absolute Gasteiger partial charge is 0.462 e. The standard InChI is InChI=1S/C8H9NO4S/c1-2-13-8(10)6-4-3-5-9-7(6)14(11)12/h3-5H,2H2,1H3,(H,11,12). The Kier molecular flexibility index (Phi) is 3.73. The average Bonchev–Trinajstić information content (AvgIpc) is 2.18. The molecule has 1 atom stereocenters. The highest BCUT2D eigenvalue weighted by molar-refractivity contribution is 7.79. The van der Waals surface area contributed by atoms with E-state index in [1.807, 2.05) is 0 Å². The number of aromatic nitrogens is 1. The average molecular weight is 215 g/mol. The van der Waals surface area contributed by atoms with Crippen molar-refractivity contribution in [3.8, 4) is 0 Å². The normalized spacial score (nSPS) is 12.1. The minimum Gasteiger partial charge on any atom is -0.462 e. The number of pyridine rings is 1. The summed E-state index contributed by atoms with van der Waals surface area (Å²) in [5, 5.41) is -0.175. The van der Waals surface area contributed by atoms with E-state index in [0.717, 1.165) is 0 Å². The molecule has 0 radical (unpaired) electrons. The Hall–Kier alpha value is -1.27. The summed E-state index contributed by atoms with van der Waals surface area (Å²) in [6, 6.07) is 2.90. The minimum absolute atomic E-state index is 0.0233. The molecule has 1 heterocycles. The number of hydrogen-bond acceptors (Lipinski definition) is 4. The molecule has 5 nitrogen and oxygen atoms in total. The van der Waals surface area contributed by atoms with Crippen molar-refractivity contribution in [2.24, 2.45) is 0 Å². The van der Waals surface area contributed by atoms with Crippen LogP contribution in [-0.4, -0.2) is 26.3 Å². The molecule has 1 N–H and O–H groups in total. The van der Waals surface area contributed by atoms with Gasteiger partial charge in [-0.25, -0.2) is 14.0 Å². The van der Waals surface area contributed by atoms with Gasteiger partial charge in [-0.3, -0.25) is 0 Å². The minimum atomic E-state index is -2.28. The summed E-state index contributed by atoms with van der Waals surface area (Å²) in [4.78, 5) is 14.9. The van der Waals surface area contributed by atoms with E-state index in [1.165, 1.54) is 18.3 Å². The zero-order chi connectivity index (χ0) is 10.6. The lowest BCUT2D eigenvalue weighted by molar-refractivity contribution is 0.0521. The van der Waals surface area contributed by atoms with Crippen LogP contribution in [0.25, 0.3) is 0 Å². The van der Waals surface area contributed by atoms with Gasteiger partial charge in [-0.2, -0.15) is 0 Å². The molecular formula is C8H9NO4S. The Labute approximate surface area is 83.4 Å². The van der Waals surface area contributed by atoms with Crippen LogP contribution in [0.2, 0.25) is 0 Å². The quantitative estimate of drug-likeness (QED) is 0.597. The van der Waals surface area contributed by atoms with Crippen molar-refractivity contribution in [1.82, 2.24) is 4.98 Å². The third kappa shape index (κ3) is 2.36. The first kappa shape index (κ1) is 10.8. The molecule has 0 spiro atoms. The Morgan fingerprint density at radius 3 is 3.00 bits per heavy atom. The van der Waals surface area contributed by atoms with Crippen LogP contribution >= 0.6 is 0 Å². The van der Waals surface area contributed by atoms with E-state index in [0.29, 0.717) is 0 Å². The van der Waals surface area contributed by atoms with Gasteiger partial charge in [0.2, 0.25) is 11.1 Å². The molecule has 6 heteroatoms. The summed E-state index contributed by atoms with van der Waals surface area (Å²) in [5.41, 5.74) is 0.0233. The van der Waals surface area contributed by atoms with Crippen LogP contribution in [0.15, 0.2) is 23.4 Å². The maximum atomic E-state index is 11.3. The van der Waals surface area contributed by atoms with Crippen molar-refractivity contribution in [3.05, 3.63) is 23.9 Å². The molecular weight excluding hydrogens is 206 g/mol. The highest BCUT2D eigenvalue weighted by Gasteiger charge is 2.16. The molecule has 0 aliphatic rings. The van der Waals surface area contributed by atoms with Gasteiger partial charge in [0.25, 0.3) is 0 Å². The van der Waals surface area contributed by atoms with Gasteiger partial charge < -0.3 is 9.29 Å². The Morgan fingerprint density at radius 2 is 2.43 bits per heavy atom. The summed E-state index contributed by atoms with van der Waals surface area (Å²) >= 11 is -2.28. The van der Waals surface area contributed by atoms with E-state index in [1.54, 1.807) is 6.92 Å². The molecule has 1 aromatic rings. The molecule has 0 aliphatic heterocycles. The fourth-order valence-electron chi connectivity index (χ4n) is 0.894. The van der Waals surface area contributed by atoms with Gasteiger partial charge in [-0.1, -0.05) is 0 Å². The molecule has 0 saturated heterocycles. The van der Waals surface area contributed by atoms with Crippen molar-refractivity contribution in [1.29, 1.82) is 0 Å². The molecule has 0 bridgehead atoms. The van der Waals surface area contributed by atoms with Crippen molar-refractivity contribution in [3.63, 3.8) is 0 Å². The van der Waals surface area contributed by atoms with Gasteiger partial charge in [0, 0.05) is 6.20 Å². The van der Waals surface area contributed by atoms with E-state index in [4.69, 9.17) is 9.29 Å². The summed E-state index contributed by atoms with van der Waals surface area (Å²) in [6.07, 6.45) is 1.34. The van der Waals surface area contributed by atoms with Crippen molar-refractivity contribution in [2.45, 2.75) is 11.9 Å². The van der Waals surface area contributed by atoms with Gasteiger partial charge in [0.1, 0.15) is 0 Å². The second-order valence-corrected chi connectivity index (χ2v) is 3.21. The molecule has 0 fully saturated rings. The Balaban J connectivity index is 3.07. The number of carbonyl (C=O) groups is 1. The zero-order valence-corrected chi connectivity index (χ0v) is 8.28. The van der Waals surface area contributed by atoms with Crippen molar-refractivity contribution in [2.75, 3.05) is 6.61 Å². The van der Waals surface area contributed by atoms with Crippen LogP contribution < -0.4 is 0 Å². The smallest absolute Gasteiger partial charge is 0.341 e. The van der Waals surface area contributed by atoms with Crippen LogP contribution in [0.5, 0.6) is 0 Å². The number of esters is 1. The third-order valence-electron chi connectivity index (χ3n) is 1.43. The van der Waals surface area contributed by atoms with Crippen molar-refractivity contribution < 1.29 is 18.3 Å². The van der Waals surface area contributed by atoms with Crippen molar-refractivity contribution >= 4 is 17.0 Å². The number of carbonyl (C=O) groups excluding carboxylic acids is 1. The van der Waals surface area contributed by atoms with Crippen LogP contribution in [0, 0.1) is 0 Å².